The van der Waals surface area contributed by atoms with Crippen LogP contribution in [0.5, 0.6) is 0 Å². The Kier molecular flexibility index (Phi) is 5.70. The molecule has 2 N–H and O–H groups in total. The van der Waals surface area contributed by atoms with E-state index in [1.54, 1.807) is 14.1 Å². The fourth-order valence-electron chi connectivity index (χ4n) is 2.15. The number of likely N-dealkylation sites (N-methyl/N-ethyl adjacent to an activating group) is 2. The van der Waals surface area contributed by atoms with Gasteiger partial charge in [-0.3, -0.25) is 9.59 Å². The zero-order valence-corrected chi connectivity index (χ0v) is 12.8. The highest BCUT2D eigenvalue weighted by molar-refractivity contribution is 5.95. The highest BCUT2D eigenvalue weighted by Gasteiger charge is 2.13. The summed E-state index contributed by atoms with van der Waals surface area (Å²) in [5.41, 5.74) is 4.05. The Hall–Kier alpha value is -1.88. The Morgan fingerprint density at radius 1 is 1.15 bits per heavy atom. The fraction of sp³-hybridized carbons (Fsp3) is 0.467. The summed E-state index contributed by atoms with van der Waals surface area (Å²) in [4.78, 5) is 25.0. The van der Waals surface area contributed by atoms with Crippen LogP contribution < -0.4 is 10.6 Å². The number of rotatable bonds is 5. The zero-order valence-electron chi connectivity index (χ0n) is 12.8. The van der Waals surface area contributed by atoms with Gasteiger partial charge in [-0.2, -0.15) is 0 Å². The number of amides is 2. The molecule has 5 heteroatoms. The van der Waals surface area contributed by atoms with Gasteiger partial charge in [-0.25, -0.2) is 0 Å². The molecule has 0 spiro atoms. The average Bonchev–Trinajstić information content (AvgIpc) is 2.34. The predicted octanol–water partition coefficient (Wildman–Crippen LogP) is 1.23. The summed E-state index contributed by atoms with van der Waals surface area (Å²) in [7, 11) is 3.32. The van der Waals surface area contributed by atoms with Crippen molar-refractivity contribution in [1.29, 1.82) is 0 Å². The molecule has 0 unspecified atom stereocenters. The van der Waals surface area contributed by atoms with Crippen molar-refractivity contribution in [3.8, 4) is 0 Å². The molecule has 0 heterocycles. The van der Waals surface area contributed by atoms with Crippen LogP contribution in [0, 0.1) is 20.8 Å². The van der Waals surface area contributed by atoms with Gasteiger partial charge in [-0.15, -0.1) is 0 Å². The molecule has 0 bridgehead atoms. The van der Waals surface area contributed by atoms with Crippen LogP contribution in [0.2, 0.25) is 0 Å². The first-order chi connectivity index (χ1) is 9.35. The topological polar surface area (TPSA) is 61.4 Å². The van der Waals surface area contributed by atoms with E-state index in [-0.39, 0.29) is 24.9 Å². The number of nitrogens with one attached hydrogen (secondary N) is 2. The van der Waals surface area contributed by atoms with Gasteiger partial charge in [0, 0.05) is 12.7 Å². The van der Waals surface area contributed by atoms with E-state index in [0.29, 0.717) is 0 Å². The Balaban J connectivity index is 2.70. The van der Waals surface area contributed by atoms with Crippen LogP contribution in [0.15, 0.2) is 12.1 Å². The van der Waals surface area contributed by atoms with E-state index in [0.717, 1.165) is 16.8 Å². The van der Waals surface area contributed by atoms with E-state index in [1.165, 1.54) is 10.5 Å². The van der Waals surface area contributed by atoms with Crippen LogP contribution >= 0.6 is 0 Å². The summed E-state index contributed by atoms with van der Waals surface area (Å²) in [5.74, 6) is -0.299. The maximum atomic E-state index is 12.0. The molecule has 110 valence electrons. The minimum atomic E-state index is -0.188. The molecule has 0 aliphatic heterocycles. The number of carbonyl (C=O) groups excluding carboxylic acids is 2. The first kappa shape index (κ1) is 16.2. The molecule has 0 radical (unpaired) electrons. The summed E-state index contributed by atoms with van der Waals surface area (Å²) in [6.45, 7) is 6.23. The van der Waals surface area contributed by atoms with Crippen molar-refractivity contribution in [3.63, 3.8) is 0 Å². The van der Waals surface area contributed by atoms with Crippen LogP contribution in [0.25, 0.3) is 0 Å². The molecular formula is C15H23N3O2. The maximum absolute atomic E-state index is 12.0. The van der Waals surface area contributed by atoms with Crippen LogP contribution in [0.1, 0.15) is 16.7 Å². The first-order valence-electron chi connectivity index (χ1n) is 6.61. The molecule has 0 aliphatic carbocycles. The molecular weight excluding hydrogens is 254 g/mol. The lowest BCUT2D eigenvalue weighted by molar-refractivity contribution is -0.132. The largest absolute Gasteiger partial charge is 0.335 e. The number of carbonyl (C=O) groups is 2. The summed E-state index contributed by atoms with van der Waals surface area (Å²) >= 11 is 0. The summed E-state index contributed by atoms with van der Waals surface area (Å²) < 4.78 is 0. The number of benzene rings is 1. The molecule has 0 atom stereocenters. The van der Waals surface area contributed by atoms with Gasteiger partial charge in [0.1, 0.15) is 0 Å². The van der Waals surface area contributed by atoms with E-state index >= 15 is 0 Å². The highest BCUT2D eigenvalue weighted by atomic mass is 16.2. The lowest BCUT2D eigenvalue weighted by atomic mass is 10.1. The quantitative estimate of drug-likeness (QED) is 0.851. The Labute approximate surface area is 120 Å². The predicted molar refractivity (Wildman–Crippen MR) is 80.8 cm³/mol. The van der Waals surface area contributed by atoms with Crippen molar-refractivity contribution in [3.05, 3.63) is 28.8 Å². The van der Waals surface area contributed by atoms with E-state index in [4.69, 9.17) is 0 Å². The van der Waals surface area contributed by atoms with E-state index in [1.807, 2.05) is 32.9 Å². The molecule has 1 rings (SSSR count). The molecule has 0 fully saturated rings. The fourth-order valence-corrected chi connectivity index (χ4v) is 2.15. The van der Waals surface area contributed by atoms with Gasteiger partial charge in [0.2, 0.25) is 11.8 Å². The third-order valence-electron chi connectivity index (χ3n) is 3.08. The third-order valence-corrected chi connectivity index (χ3v) is 3.08. The molecule has 5 nitrogen and oxygen atoms in total. The van der Waals surface area contributed by atoms with Gasteiger partial charge in [0.15, 0.2) is 0 Å². The number of aryl methyl sites for hydroxylation is 3. The van der Waals surface area contributed by atoms with E-state index in [9.17, 15) is 9.59 Å². The second-order valence-corrected chi connectivity index (χ2v) is 5.10. The zero-order chi connectivity index (χ0) is 15.3. The molecule has 0 saturated carbocycles. The van der Waals surface area contributed by atoms with E-state index in [2.05, 4.69) is 10.6 Å². The first-order valence-corrected chi connectivity index (χ1v) is 6.61. The molecule has 0 saturated heterocycles. The average molecular weight is 277 g/mol. The number of nitrogens with zero attached hydrogens (tertiary/aromatic N) is 1. The van der Waals surface area contributed by atoms with Crippen LogP contribution in [0.4, 0.5) is 5.69 Å². The smallest absolute Gasteiger partial charge is 0.243 e. The van der Waals surface area contributed by atoms with Crippen molar-refractivity contribution in [2.45, 2.75) is 20.8 Å². The molecule has 0 aliphatic rings. The SMILES string of the molecule is CNCC(=O)N(C)CC(=O)Nc1c(C)cc(C)cc1C. The van der Waals surface area contributed by atoms with Crippen molar-refractivity contribution in [1.82, 2.24) is 10.2 Å². The lowest BCUT2D eigenvalue weighted by Gasteiger charge is -2.18. The van der Waals surface area contributed by atoms with Crippen LogP contribution in [-0.4, -0.2) is 43.9 Å². The van der Waals surface area contributed by atoms with Crippen LogP contribution in [-0.2, 0) is 9.59 Å². The maximum Gasteiger partial charge on any atom is 0.243 e. The standard InChI is InChI=1S/C15H23N3O2/c1-10-6-11(2)15(12(3)7-10)17-13(19)9-18(5)14(20)8-16-4/h6-7,16H,8-9H2,1-5H3,(H,17,19). The molecule has 20 heavy (non-hydrogen) atoms. The van der Waals surface area contributed by atoms with Gasteiger partial charge in [-0.05, 0) is 38.9 Å². The monoisotopic (exact) mass is 277 g/mol. The van der Waals surface area contributed by atoms with Gasteiger partial charge in [-0.1, -0.05) is 17.7 Å². The van der Waals surface area contributed by atoms with Gasteiger partial charge in [0.25, 0.3) is 0 Å². The Bertz CT molecular complexity index is 489. The van der Waals surface area contributed by atoms with Gasteiger partial charge >= 0.3 is 0 Å². The van der Waals surface area contributed by atoms with Crippen molar-refractivity contribution in [2.75, 3.05) is 32.5 Å². The third kappa shape index (κ3) is 4.35. The second-order valence-electron chi connectivity index (χ2n) is 5.10. The van der Waals surface area contributed by atoms with Crippen molar-refractivity contribution in [2.24, 2.45) is 0 Å². The number of anilines is 1. The highest BCUT2D eigenvalue weighted by Crippen LogP contribution is 2.21. The lowest BCUT2D eigenvalue weighted by Crippen LogP contribution is -2.39. The summed E-state index contributed by atoms with van der Waals surface area (Å²) in [5, 5.41) is 5.65. The minimum absolute atomic E-state index is 0.0489. The van der Waals surface area contributed by atoms with Crippen LogP contribution in [0.3, 0.4) is 0 Å². The minimum Gasteiger partial charge on any atom is -0.335 e. The number of hydrogen-bond donors (Lipinski definition) is 2. The molecule has 0 aromatic heterocycles. The van der Waals surface area contributed by atoms with Crippen molar-refractivity contribution >= 4 is 17.5 Å². The molecule has 1 aromatic carbocycles. The number of hydrogen-bond acceptors (Lipinski definition) is 3. The molecule has 2 amide bonds. The Morgan fingerprint density at radius 3 is 2.20 bits per heavy atom. The van der Waals surface area contributed by atoms with E-state index < -0.39 is 0 Å². The molecule has 1 aromatic rings. The summed E-state index contributed by atoms with van der Waals surface area (Å²) in [6, 6.07) is 4.05. The Morgan fingerprint density at radius 2 is 1.70 bits per heavy atom. The van der Waals surface area contributed by atoms with Gasteiger partial charge < -0.3 is 15.5 Å². The normalized spacial score (nSPS) is 10.2. The van der Waals surface area contributed by atoms with Gasteiger partial charge in [0.05, 0.1) is 13.1 Å². The van der Waals surface area contributed by atoms with Crippen molar-refractivity contribution < 1.29 is 9.59 Å². The summed E-state index contributed by atoms with van der Waals surface area (Å²) in [6.07, 6.45) is 0. The second kappa shape index (κ2) is 7.05.